The maximum atomic E-state index is 6.03. The number of hydrogen-bond acceptors (Lipinski definition) is 2. The second kappa shape index (κ2) is 8.75. The lowest BCUT2D eigenvalue weighted by molar-refractivity contribution is -0.655. The van der Waals surface area contributed by atoms with Crippen molar-refractivity contribution in [2.75, 3.05) is 33.4 Å². The van der Waals surface area contributed by atoms with Crippen LogP contribution in [-0.2, 0) is 4.74 Å². The zero-order valence-electron chi connectivity index (χ0n) is 9.92. The predicted octanol–water partition coefficient (Wildman–Crippen LogP) is 2.08. The quantitative estimate of drug-likeness (QED) is 0.744. The van der Waals surface area contributed by atoms with Crippen LogP contribution in [0.5, 0.6) is 5.75 Å². The van der Waals surface area contributed by atoms with E-state index in [4.69, 9.17) is 21.1 Å². The lowest BCUT2D eigenvalue weighted by atomic mass is 10.3. The molecule has 2 N–H and O–H groups in total. The number of benzene rings is 1. The summed E-state index contributed by atoms with van der Waals surface area (Å²) >= 11 is 9.38. The Morgan fingerprint density at radius 2 is 2.12 bits per heavy atom. The molecular weight excluding hydrogens is 305 g/mol. The molecule has 0 radical (unpaired) electrons. The van der Waals surface area contributed by atoms with Crippen molar-refractivity contribution in [2.24, 2.45) is 0 Å². The molecule has 0 fully saturated rings. The van der Waals surface area contributed by atoms with Gasteiger partial charge in [0.15, 0.2) is 0 Å². The van der Waals surface area contributed by atoms with Crippen LogP contribution in [0.1, 0.15) is 6.42 Å². The monoisotopic (exact) mass is 322 g/mol. The molecule has 0 aliphatic carbocycles. The smallest absolute Gasteiger partial charge is 0.138 e. The molecule has 0 saturated carbocycles. The maximum Gasteiger partial charge on any atom is 0.138 e. The van der Waals surface area contributed by atoms with Crippen molar-refractivity contribution >= 4 is 27.5 Å². The van der Waals surface area contributed by atoms with Crippen LogP contribution in [0, 0.1) is 0 Å². The van der Waals surface area contributed by atoms with Crippen LogP contribution in [0.2, 0.25) is 5.02 Å². The van der Waals surface area contributed by atoms with Gasteiger partial charge in [-0.1, -0.05) is 27.5 Å². The van der Waals surface area contributed by atoms with Gasteiger partial charge in [-0.15, -0.1) is 0 Å². The van der Waals surface area contributed by atoms with Gasteiger partial charge < -0.3 is 14.8 Å². The van der Waals surface area contributed by atoms with Crippen LogP contribution in [0.25, 0.3) is 0 Å². The van der Waals surface area contributed by atoms with Crippen molar-refractivity contribution in [1.29, 1.82) is 0 Å². The highest BCUT2D eigenvalue weighted by Gasteiger charge is 2.02. The van der Waals surface area contributed by atoms with Crippen LogP contribution < -0.4 is 10.1 Å². The molecule has 1 aromatic carbocycles. The minimum absolute atomic E-state index is 0.638. The Morgan fingerprint density at radius 3 is 2.82 bits per heavy atom. The molecule has 0 bridgehead atoms. The third-order valence-electron chi connectivity index (χ3n) is 2.23. The number of hydrogen-bond donors (Lipinski definition) is 1. The standard InChI is InChI=1S/C12H17BrClNO2/c1-16-7-2-5-15-6-8-17-12-4-3-10(13)9-11(12)14/h3-4,9,15H,2,5-8H2,1H3/p+1. The molecule has 1 aromatic rings. The Morgan fingerprint density at radius 1 is 1.29 bits per heavy atom. The largest absolute Gasteiger partial charge is 0.486 e. The molecular formula is C12H18BrClNO2+. The van der Waals surface area contributed by atoms with Crippen LogP contribution in [-0.4, -0.2) is 33.4 Å². The molecule has 0 heterocycles. The van der Waals surface area contributed by atoms with E-state index in [2.05, 4.69) is 21.2 Å². The van der Waals surface area contributed by atoms with Gasteiger partial charge in [-0.2, -0.15) is 0 Å². The van der Waals surface area contributed by atoms with Gasteiger partial charge in [0, 0.05) is 18.0 Å². The highest BCUT2D eigenvalue weighted by molar-refractivity contribution is 9.10. The molecule has 0 unspecified atom stereocenters. The SMILES string of the molecule is COCCC[NH2+]CCOc1ccc(Br)cc1Cl. The number of ether oxygens (including phenoxy) is 2. The molecule has 0 amide bonds. The number of nitrogens with two attached hydrogens (primary N) is 1. The summed E-state index contributed by atoms with van der Waals surface area (Å²) < 4.78 is 11.5. The lowest BCUT2D eigenvalue weighted by Gasteiger charge is -2.07. The van der Waals surface area contributed by atoms with Crippen LogP contribution in [0.4, 0.5) is 0 Å². The van der Waals surface area contributed by atoms with Crippen molar-refractivity contribution in [1.82, 2.24) is 0 Å². The number of halogens is 2. The van der Waals surface area contributed by atoms with Crippen molar-refractivity contribution in [3.63, 3.8) is 0 Å². The molecule has 0 atom stereocenters. The summed E-state index contributed by atoms with van der Waals surface area (Å²) in [6.07, 6.45) is 1.07. The van der Waals surface area contributed by atoms with Crippen molar-refractivity contribution in [2.45, 2.75) is 6.42 Å². The topological polar surface area (TPSA) is 35.1 Å². The second-order valence-corrected chi connectivity index (χ2v) is 4.96. The van der Waals surface area contributed by atoms with E-state index in [0.717, 1.165) is 36.3 Å². The number of methoxy groups -OCH3 is 1. The van der Waals surface area contributed by atoms with Gasteiger partial charge in [0.25, 0.3) is 0 Å². The van der Waals surface area contributed by atoms with Crippen molar-refractivity contribution < 1.29 is 14.8 Å². The number of quaternary nitrogens is 1. The highest BCUT2D eigenvalue weighted by atomic mass is 79.9. The van der Waals surface area contributed by atoms with Crippen molar-refractivity contribution in [3.8, 4) is 5.75 Å². The minimum atomic E-state index is 0.638. The fraction of sp³-hybridized carbons (Fsp3) is 0.500. The van der Waals surface area contributed by atoms with Crippen molar-refractivity contribution in [3.05, 3.63) is 27.7 Å². The van der Waals surface area contributed by atoms with Gasteiger partial charge in [0.05, 0.1) is 18.2 Å². The van der Waals surface area contributed by atoms with E-state index in [1.165, 1.54) is 0 Å². The second-order valence-electron chi connectivity index (χ2n) is 3.64. The Hall–Kier alpha value is -0.290. The summed E-state index contributed by atoms with van der Waals surface area (Å²) in [5, 5.41) is 2.85. The van der Waals surface area contributed by atoms with E-state index in [1.54, 1.807) is 7.11 Å². The summed E-state index contributed by atoms with van der Waals surface area (Å²) in [7, 11) is 1.72. The van der Waals surface area contributed by atoms with Gasteiger partial charge in [-0.3, -0.25) is 0 Å². The van der Waals surface area contributed by atoms with Gasteiger partial charge in [0.2, 0.25) is 0 Å². The summed E-state index contributed by atoms with van der Waals surface area (Å²) in [4.78, 5) is 0. The fourth-order valence-electron chi connectivity index (χ4n) is 1.36. The molecule has 0 aromatic heterocycles. The Labute approximate surface area is 116 Å². The van der Waals surface area contributed by atoms with Crippen LogP contribution in [0.3, 0.4) is 0 Å². The zero-order chi connectivity index (χ0) is 12.5. The maximum absolute atomic E-state index is 6.03. The lowest BCUT2D eigenvalue weighted by Crippen LogP contribution is -2.85. The van der Waals surface area contributed by atoms with E-state index < -0.39 is 0 Å². The predicted molar refractivity (Wildman–Crippen MR) is 72.8 cm³/mol. The summed E-state index contributed by atoms with van der Waals surface area (Å²) in [6, 6.07) is 5.63. The van der Waals surface area contributed by atoms with Crippen LogP contribution in [0.15, 0.2) is 22.7 Å². The summed E-state index contributed by atoms with van der Waals surface area (Å²) in [5.74, 6) is 0.736. The molecule has 5 heteroatoms. The molecule has 17 heavy (non-hydrogen) atoms. The molecule has 96 valence electrons. The Balaban J connectivity index is 2.14. The third-order valence-corrected chi connectivity index (χ3v) is 3.02. The fourth-order valence-corrected chi connectivity index (χ4v) is 2.09. The first-order valence-electron chi connectivity index (χ1n) is 5.62. The van der Waals surface area contributed by atoms with E-state index in [1.807, 2.05) is 18.2 Å². The first-order chi connectivity index (χ1) is 8.24. The van der Waals surface area contributed by atoms with E-state index in [0.29, 0.717) is 11.6 Å². The summed E-state index contributed by atoms with van der Waals surface area (Å²) in [5.41, 5.74) is 0. The van der Waals surface area contributed by atoms with E-state index >= 15 is 0 Å². The zero-order valence-corrected chi connectivity index (χ0v) is 12.3. The molecule has 0 aliphatic heterocycles. The highest BCUT2D eigenvalue weighted by Crippen LogP contribution is 2.27. The van der Waals surface area contributed by atoms with Gasteiger partial charge in [-0.05, 0) is 18.2 Å². The molecule has 1 rings (SSSR count). The minimum Gasteiger partial charge on any atom is -0.486 e. The first-order valence-corrected chi connectivity index (χ1v) is 6.79. The number of rotatable bonds is 8. The third kappa shape index (κ3) is 6.27. The average molecular weight is 324 g/mol. The van der Waals surface area contributed by atoms with E-state index in [-0.39, 0.29) is 0 Å². The first kappa shape index (κ1) is 14.8. The van der Waals surface area contributed by atoms with Gasteiger partial charge in [-0.25, -0.2) is 0 Å². The Kier molecular flexibility index (Phi) is 7.60. The van der Waals surface area contributed by atoms with E-state index in [9.17, 15) is 0 Å². The molecule has 0 spiro atoms. The molecule has 0 saturated heterocycles. The molecule has 3 nitrogen and oxygen atoms in total. The average Bonchev–Trinajstić information content (AvgIpc) is 2.30. The van der Waals surface area contributed by atoms with Crippen LogP contribution >= 0.6 is 27.5 Å². The molecule has 0 aliphatic rings. The Bertz CT molecular complexity index is 336. The normalized spacial score (nSPS) is 10.5. The van der Waals surface area contributed by atoms with Gasteiger partial charge in [0.1, 0.15) is 18.9 Å². The van der Waals surface area contributed by atoms with Gasteiger partial charge >= 0.3 is 0 Å². The summed E-state index contributed by atoms with van der Waals surface area (Å²) in [6.45, 7) is 3.46.